The maximum absolute atomic E-state index is 13.1. The van der Waals surface area contributed by atoms with Gasteiger partial charge in [-0.3, -0.25) is 9.69 Å². The molecule has 202 valence electrons. The molecule has 0 radical (unpaired) electrons. The quantitative estimate of drug-likeness (QED) is 0.490. The van der Waals surface area contributed by atoms with Crippen molar-refractivity contribution in [1.82, 2.24) is 14.7 Å². The van der Waals surface area contributed by atoms with Gasteiger partial charge in [0.25, 0.3) is 5.91 Å². The number of hydrogen-bond acceptors (Lipinski definition) is 5. The molecule has 1 amide bonds. The van der Waals surface area contributed by atoms with E-state index in [-0.39, 0.29) is 22.0 Å². The van der Waals surface area contributed by atoms with Crippen molar-refractivity contribution in [3.05, 3.63) is 77.1 Å². The summed E-state index contributed by atoms with van der Waals surface area (Å²) in [5.74, 6) is -0.626. The summed E-state index contributed by atoms with van der Waals surface area (Å²) in [7, 11) is 0. The van der Waals surface area contributed by atoms with Gasteiger partial charge in [0, 0.05) is 37.1 Å². The largest absolute Gasteiger partial charge is 0.504 e. The number of piperidine rings is 1. The van der Waals surface area contributed by atoms with Gasteiger partial charge in [0.2, 0.25) is 0 Å². The van der Waals surface area contributed by atoms with Gasteiger partial charge in [-0.05, 0) is 56.0 Å². The Morgan fingerprint density at radius 3 is 2.45 bits per heavy atom. The summed E-state index contributed by atoms with van der Waals surface area (Å²) >= 11 is 0. The second-order valence-corrected chi connectivity index (χ2v) is 9.93. The van der Waals surface area contributed by atoms with E-state index in [0.29, 0.717) is 11.7 Å². The molecule has 0 aliphatic carbocycles. The molecule has 3 aromatic rings. The summed E-state index contributed by atoms with van der Waals surface area (Å²) in [4.78, 5) is 17.7. The zero-order chi connectivity index (χ0) is 26.9. The number of aryl methyl sites for hydroxylation is 1. The molecule has 10 heteroatoms. The van der Waals surface area contributed by atoms with Gasteiger partial charge in [-0.2, -0.15) is 9.78 Å². The van der Waals surface area contributed by atoms with Crippen LogP contribution in [0, 0.1) is 13.8 Å². The van der Waals surface area contributed by atoms with Crippen molar-refractivity contribution in [3.8, 4) is 0 Å². The van der Waals surface area contributed by atoms with Gasteiger partial charge in [-0.15, -0.1) is 13.2 Å². The minimum absolute atomic E-state index is 0.0967. The molecule has 1 N–H and O–H groups in total. The zero-order valence-corrected chi connectivity index (χ0v) is 21.5. The van der Waals surface area contributed by atoms with Gasteiger partial charge < -0.3 is 15.0 Å². The van der Waals surface area contributed by atoms with E-state index in [1.807, 2.05) is 25.1 Å². The van der Waals surface area contributed by atoms with Crippen molar-refractivity contribution in [3.63, 3.8) is 0 Å². The Labute approximate surface area is 220 Å². The number of carbonyl (C=O) groups is 1. The fourth-order valence-corrected chi connectivity index (χ4v) is 5.64. The Hall–Kier alpha value is -3.37. The predicted octanol–water partition coefficient (Wildman–Crippen LogP) is 5.27. The van der Waals surface area contributed by atoms with Crippen molar-refractivity contribution in [1.29, 1.82) is 0 Å². The van der Waals surface area contributed by atoms with E-state index >= 15 is 0 Å². The van der Waals surface area contributed by atoms with Gasteiger partial charge in [0.15, 0.2) is 0 Å². The SMILES string of the molecule is Cc1cc(NC(=O)c2cnn(C(F)(F)F)c2C)ccc1N1CCC(N2CCOCC2)CC1c1ccccc1. The van der Waals surface area contributed by atoms with E-state index in [4.69, 9.17) is 4.74 Å². The number of hydrogen-bond donors (Lipinski definition) is 1. The Morgan fingerprint density at radius 2 is 1.79 bits per heavy atom. The van der Waals surface area contributed by atoms with Crippen LogP contribution in [0.5, 0.6) is 0 Å². The van der Waals surface area contributed by atoms with E-state index in [1.165, 1.54) is 12.5 Å². The molecule has 2 aromatic carbocycles. The number of nitrogens with zero attached hydrogens (tertiary/aromatic N) is 4. The lowest BCUT2D eigenvalue weighted by Crippen LogP contribution is -2.50. The first-order chi connectivity index (χ1) is 18.2. The first-order valence-corrected chi connectivity index (χ1v) is 12.9. The fourth-order valence-electron chi connectivity index (χ4n) is 5.64. The van der Waals surface area contributed by atoms with Gasteiger partial charge in [-0.1, -0.05) is 30.3 Å². The number of amides is 1. The summed E-state index contributed by atoms with van der Waals surface area (Å²) < 4.78 is 44.7. The molecule has 0 bridgehead atoms. The topological polar surface area (TPSA) is 62.6 Å². The van der Waals surface area contributed by atoms with Crippen LogP contribution in [0.2, 0.25) is 0 Å². The van der Waals surface area contributed by atoms with E-state index in [1.54, 1.807) is 6.07 Å². The molecule has 0 saturated carbocycles. The van der Waals surface area contributed by atoms with Crippen molar-refractivity contribution >= 4 is 17.3 Å². The molecule has 2 fully saturated rings. The number of nitrogens with one attached hydrogen (secondary N) is 1. The lowest BCUT2D eigenvalue weighted by molar-refractivity contribution is -0.213. The molecule has 2 aliphatic heterocycles. The molecule has 38 heavy (non-hydrogen) atoms. The van der Waals surface area contributed by atoms with Crippen LogP contribution in [0.3, 0.4) is 0 Å². The second kappa shape index (κ2) is 10.8. The first-order valence-electron chi connectivity index (χ1n) is 12.9. The third-order valence-electron chi connectivity index (χ3n) is 7.58. The summed E-state index contributed by atoms with van der Waals surface area (Å²) in [6.45, 7) is 7.59. The van der Waals surface area contributed by atoms with Crippen molar-refractivity contribution in [2.75, 3.05) is 43.1 Å². The highest BCUT2D eigenvalue weighted by atomic mass is 19.4. The van der Waals surface area contributed by atoms with Crippen LogP contribution in [-0.4, -0.2) is 59.5 Å². The van der Waals surface area contributed by atoms with Crippen molar-refractivity contribution in [2.45, 2.75) is 45.1 Å². The minimum atomic E-state index is -4.68. The number of ether oxygens (including phenoxy) is 1. The van der Waals surface area contributed by atoms with Crippen LogP contribution >= 0.6 is 0 Å². The molecule has 5 rings (SSSR count). The van der Waals surface area contributed by atoms with Gasteiger partial charge in [-0.25, -0.2) is 0 Å². The van der Waals surface area contributed by atoms with Gasteiger partial charge in [0.05, 0.1) is 36.7 Å². The van der Waals surface area contributed by atoms with Crippen LogP contribution in [0.1, 0.15) is 46.1 Å². The van der Waals surface area contributed by atoms with E-state index in [0.717, 1.165) is 63.1 Å². The normalized spacial score (nSPS) is 20.9. The molecule has 2 aliphatic rings. The number of rotatable bonds is 5. The van der Waals surface area contributed by atoms with Gasteiger partial charge in [0.1, 0.15) is 0 Å². The Morgan fingerprint density at radius 1 is 1.05 bits per heavy atom. The zero-order valence-electron chi connectivity index (χ0n) is 21.5. The highest BCUT2D eigenvalue weighted by Gasteiger charge is 2.36. The van der Waals surface area contributed by atoms with E-state index < -0.39 is 12.2 Å². The van der Waals surface area contributed by atoms with Crippen LogP contribution in [-0.2, 0) is 11.0 Å². The number of halogens is 3. The number of anilines is 2. The highest BCUT2D eigenvalue weighted by Crippen LogP contribution is 2.39. The van der Waals surface area contributed by atoms with Crippen LogP contribution in [0.15, 0.2) is 54.7 Å². The summed E-state index contributed by atoms with van der Waals surface area (Å²) in [5.41, 5.74) is 3.49. The van der Waals surface area contributed by atoms with E-state index in [2.05, 4.69) is 44.5 Å². The Balaban J connectivity index is 1.35. The summed E-state index contributed by atoms with van der Waals surface area (Å²) in [5, 5.41) is 6.06. The molecule has 7 nitrogen and oxygen atoms in total. The number of morpholine rings is 1. The van der Waals surface area contributed by atoms with Gasteiger partial charge >= 0.3 is 6.30 Å². The monoisotopic (exact) mass is 527 g/mol. The molecule has 1 aromatic heterocycles. The minimum Gasteiger partial charge on any atom is -0.379 e. The molecule has 2 unspecified atom stereocenters. The number of benzene rings is 2. The Bertz CT molecular complexity index is 1270. The number of carbonyl (C=O) groups excluding carboxylic acids is 1. The third-order valence-corrected chi connectivity index (χ3v) is 7.58. The lowest BCUT2D eigenvalue weighted by atomic mass is 9.89. The van der Waals surface area contributed by atoms with Crippen LogP contribution < -0.4 is 10.2 Å². The summed E-state index contributed by atoms with van der Waals surface area (Å²) in [6, 6.07) is 16.9. The molecule has 3 heterocycles. The molecular weight excluding hydrogens is 495 g/mol. The molecule has 2 saturated heterocycles. The highest BCUT2D eigenvalue weighted by molar-refractivity contribution is 6.05. The average molecular weight is 528 g/mol. The first kappa shape index (κ1) is 26.2. The summed E-state index contributed by atoms with van der Waals surface area (Å²) in [6.07, 6.45) is -1.68. The van der Waals surface area contributed by atoms with Crippen LogP contribution in [0.25, 0.3) is 0 Å². The lowest BCUT2D eigenvalue weighted by Gasteiger charge is -2.46. The maximum Gasteiger partial charge on any atom is 0.504 e. The van der Waals surface area contributed by atoms with Crippen LogP contribution in [0.4, 0.5) is 24.5 Å². The standard InChI is InChI=1S/C28H32F3N5O2/c1-19-16-22(33-27(37)24-18-32-36(20(24)2)28(29,30)31)8-9-25(19)35-11-10-23(34-12-14-38-15-13-34)17-26(35)21-6-4-3-5-7-21/h3-9,16,18,23,26H,10-15,17H2,1-2H3,(H,33,37). The number of alkyl halides is 3. The third kappa shape index (κ3) is 5.42. The second-order valence-electron chi connectivity index (χ2n) is 9.93. The fraction of sp³-hybridized carbons (Fsp3) is 0.429. The smallest absolute Gasteiger partial charge is 0.379 e. The maximum atomic E-state index is 13.1. The molecule has 2 atom stereocenters. The van der Waals surface area contributed by atoms with E-state index in [9.17, 15) is 18.0 Å². The predicted molar refractivity (Wildman–Crippen MR) is 139 cm³/mol. The van der Waals surface area contributed by atoms with Crippen molar-refractivity contribution < 1.29 is 22.7 Å². The average Bonchev–Trinajstić information content (AvgIpc) is 3.32. The number of aromatic nitrogens is 2. The van der Waals surface area contributed by atoms with Crippen molar-refractivity contribution in [2.24, 2.45) is 0 Å². The molecular formula is C28H32F3N5O2. The Kier molecular flexibility index (Phi) is 7.45. The molecule has 0 spiro atoms.